The highest BCUT2D eigenvalue weighted by atomic mass is 15.2. The van der Waals surface area contributed by atoms with Crippen LogP contribution in [0.15, 0.2) is 0 Å². The number of hydrogen-bond acceptors (Lipinski definition) is 2. The summed E-state index contributed by atoms with van der Waals surface area (Å²) in [7, 11) is 4.34. The van der Waals surface area contributed by atoms with Crippen molar-refractivity contribution in [2.45, 2.75) is 19.4 Å². The Hall–Kier alpha value is -0.0800. The molecule has 0 saturated carbocycles. The molecule has 1 rings (SSSR count). The van der Waals surface area contributed by atoms with Crippen molar-refractivity contribution in [3.63, 3.8) is 0 Å². The van der Waals surface area contributed by atoms with Gasteiger partial charge in [-0.3, -0.25) is 0 Å². The SMILES string of the molecule is CCN1CCC(N(C)C)C1. The second kappa shape index (κ2) is 3.35. The number of hydrogen-bond donors (Lipinski definition) is 0. The van der Waals surface area contributed by atoms with E-state index in [1.54, 1.807) is 0 Å². The smallest absolute Gasteiger partial charge is 0.0229 e. The lowest BCUT2D eigenvalue weighted by Gasteiger charge is -2.19. The van der Waals surface area contributed by atoms with Crippen molar-refractivity contribution >= 4 is 0 Å². The third-order valence-electron chi connectivity index (χ3n) is 2.43. The van der Waals surface area contributed by atoms with Crippen LogP contribution in [0.25, 0.3) is 0 Å². The zero-order chi connectivity index (χ0) is 7.56. The predicted molar refractivity (Wildman–Crippen MR) is 44.2 cm³/mol. The fraction of sp³-hybridized carbons (Fsp3) is 1.00. The van der Waals surface area contributed by atoms with Gasteiger partial charge in [0, 0.05) is 12.6 Å². The number of rotatable bonds is 2. The standard InChI is InChI=1S/C8H18N2/c1-4-10-6-5-8(7-10)9(2)3/h8H,4-7H2,1-3H3. The van der Waals surface area contributed by atoms with Gasteiger partial charge in [-0.2, -0.15) is 0 Å². The normalized spacial score (nSPS) is 28.2. The van der Waals surface area contributed by atoms with Crippen LogP contribution in [0.4, 0.5) is 0 Å². The van der Waals surface area contributed by atoms with E-state index in [9.17, 15) is 0 Å². The highest BCUT2D eigenvalue weighted by Crippen LogP contribution is 2.11. The summed E-state index contributed by atoms with van der Waals surface area (Å²) in [5.74, 6) is 0. The summed E-state index contributed by atoms with van der Waals surface area (Å²) in [4.78, 5) is 4.83. The molecule has 1 fully saturated rings. The molecule has 1 atom stereocenters. The second-order valence-electron chi connectivity index (χ2n) is 3.30. The molecule has 1 unspecified atom stereocenters. The van der Waals surface area contributed by atoms with E-state index in [2.05, 4.69) is 30.8 Å². The Morgan fingerprint density at radius 3 is 2.50 bits per heavy atom. The van der Waals surface area contributed by atoms with Gasteiger partial charge in [-0.15, -0.1) is 0 Å². The molecule has 0 amide bonds. The van der Waals surface area contributed by atoms with Crippen LogP contribution >= 0.6 is 0 Å². The Morgan fingerprint density at radius 1 is 1.50 bits per heavy atom. The topological polar surface area (TPSA) is 6.48 Å². The van der Waals surface area contributed by atoms with Gasteiger partial charge in [-0.1, -0.05) is 6.92 Å². The molecule has 60 valence electrons. The first-order valence-electron chi connectivity index (χ1n) is 4.12. The Morgan fingerprint density at radius 2 is 2.20 bits per heavy atom. The van der Waals surface area contributed by atoms with E-state index in [4.69, 9.17) is 0 Å². The highest BCUT2D eigenvalue weighted by Gasteiger charge is 2.21. The molecule has 0 N–H and O–H groups in total. The Labute approximate surface area is 63.8 Å². The van der Waals surface area contributed by atoms with E-state index in [0.29, 0.717) is 0 Å². The Bertz CT molecular complexity index is 101. The van der Waals surface area contributed by atoms with Gasteiger partial charge in [0.05, 0.1) is 0 Å². The fourth-order valence-corrected chi connectivity index (χ4v) is 1.52. The summed E-state index contributed by atoms with van der Waals surface area (Å²) in [6.07, 6.45) is 1.35. The van der Waals surface area contributed by atoms with E-state index in [-0.39, 0.29) is 0 Å². The molecule has 1 aliphatic heterocycles. The molecule has 2 nitrogen and oxygen atoms in total. The first-order valence-corrected chi connectivity index (χ1v) is 4.12. The van der Waals surface area contributed by atoms with Gasteiger partial charge in [-0.25, -0.2) is 0 Å². The first-order chi connectivity index (χ1) is 4.74. The highest BCUT2D eigenvalue weighted by molar-refractivity contribution is 4.79. The summed E-state index contributed by atoms with van der Waals surface area (Å²) >= 11 is 0. The molecule has 0 aromatic carbocycles. The van der Waals surface area contributed by atoms with Gasteiger partial charge in [0.1, 0.15) is 0 Å². The molecule has 10 heavy (non-hydrogen) atoms. The van der Waals surface area contributed by atoms with Gasteiger partial charge < -0.3 is 9.80 Å². The minimum atomic E-state index is 0.806. The molecular formula is C8H18N2. The molecule has 2 heteroatoms. The molecule has 0 aromatic rings. The summed E-state index contributed by atoms with van der Waals surface area (Å²) in [5, 5.41) is 0. The summed E-state index contributed by atoms with van der Waals surface area (Å²) < 4.78 is 0. The zero-order valence-corrected chi connectivity index (χ0v) is 7.30. The van der Waals surface area contributed by atoms with Crippen molar-refractivity contribution in [2.24, 2.45) is 0 Å². The van der Waals surface area contributed by atoms with Crippen LogP contribution in [0.1, 0.15) is 13.3 Å². The minimum absolute atomic E-state index is 0.806. The average Bonchev–Trinajstić information content (AvgIpc) is 2.34. The van der Waals surface area contributed by atoms with Crippen molar-refractivity contribution in [3.05, 3.63) is 0 Å². The second-order valence-corrected chi connectivity index (χ2v) is 3.30. The van der Waals surface area contributed by atoms with Crippen molar-refractivity contribution in [1.82, 2.24) is 9.80 Å². The van der Waals surface area contributed by atoms with Gasteiger partial charge in [0.25, 0.3) is 0 Å². The van der Waals surface area contributed by atoms with Crippen molar-refractivity contribution in [1.29, 1.82) is 0 Å². The van der Waals surface area contributed by atoms with Crippen LogP contribution in [-0.2, 0) is 0 Å². The summed E-state index contributed by atoms with van der Waals surface area (Å²) in [6, 6.07) is 0.806. The number of likely N-dealkylation sites (N-methyl/N-ethyl adjacent to an activating group) is 2. The monoisotopic (exact) mass is 142 g/mol. The maximum atomic E-state index is 2.50. The third kappa shape index (κ3) is 1.70. The Balaban J connectivity index is 2.28. The molecule has 0 aromatic heterocycles. The maximum Gasteiger partial charge on any atom is 0.0229 e. The van der Waals surface area contributed by atoms with E-state index < -0.39 is 0 Å². The van der Waals surface area contributed by atoms with E-state index in [1.165, 1.54) is 26.1 Å². The quantitative estimate of drug-likeness (QED) is 0.558. The van der Waals surface area contributed by atoms with Crippen LogP contribution in [0.2, 0.25) is 0 Å². The average molecular weight is 142 g/mol. The van der Waals surface area contributed by atoms with Crippen molar-refractivity contribution in [2.75, 3.05) is 33.7 Å². The van der Waals surface area contributed by atoms with Gasteiger partial charge in [0.15, 0.2) is 0 Å². The molecule has 0 bridgehead atoms. The number of likely N-dealkylation sites (tertiary alicyclic amines) is 1. The molecule has 0 spiro atoms. The van der Waals surface area contributed by atoms with Crippen LogP contribution in [-0.4, -0.2) is 49.6 Å². The van der Waals surface area contributed by atoms with Gasteiger partial charge in [-0.05, 0) is 33.6 Å². The van der Waals surface area contributed by atoms with Gasteiger partial charge in [0.2, 0.25) is 0 Å². The van der Waals surface area contributed by atoms with Crippen LogP contribution in [0.3, 0.4) is 0 Å². The summed E-state index contributed by atoms with van der Waals surface area (Å²) in [5.41, 5.74) is 0. The fourth-order valence-electron chi connectivity index (χ4n) is 1.52. The van der Waals surface area contributed by atoms with E-state index in [0.717, 1.165) is 6.04 Å². The zero-order valence-electron chi connectivity index (χ0n) is 7.30. The predicted octanol–water partition coefficient (Wildman–Crippen LogP) is 0.642. The number of nitrogens with zero attached hydrogens (tertiary/aromatic N) is 2. The summed E-state index contributed by atoms with van der Waals surface area (Å²) in [6.45, 7) is 6.01. The van der Waals surface area contributed by atoms with Gasteiger partial charge >= 0.3 is 0 Å². The van der Waals surface area contributed by atoms with Crippen LogP contribution in [0, 0.1) is 0 Å². The van der Waals surface area contributed by atoms with E-state index >= 15 is 0 Å². The maximum absolute atomic E-state index is 2.50. The lowest BCUT2D eigenvalue weighted by Crippen LogP contribution is -2.31. The lowest BCUT2D eigenvalue weighted by atomic mass is 10.2. The molecule has 0 aliphatic carbocycles. The van der Waals surface area contributed by atoms with E-state index in [1.807, 2.05) is 0 Å². The largest absolute Gasteiger partial charge is 0.305 e. The minimum Gasteiger partial charge on any atom is -0.305 e. The molecule has 1 saturated heterocycles. The molecule has 1 heterocycles. The van der Waals surface area contributed by atoms with Crippen LogP contribution in [0.5, 0.6) is 0 Å². The molecule has 0 radical (unpaired) electrons. The lowest BCUT2D eigenvalue weighted by molar-refractivity contribution is 0.275. The van der Waals surface area contributed by atoms with Crippen LogP contribution < -0.4 is 0 Å². The van der Waals surface area contributed by atoms with Crippen molar-refractivity contribution in [3.8, 4) is 0 Å². The first kappa shape index (κ1) is 8.02. The third-order valence-corrected chi connectivity index (χ3v) is 2.43. The Kier molecular flexibility index (Phi) is 2.69. The molecular weight excluding hydrogens is 124 g/mol. The van der Waals surface area contributed by atoms with Crippen molar-refractivity contribution < 1.29 is 0 Å². The molecule has 1 aliphatic rings.